The highest BCUT2D eigenvalue weighted by molar-refractivity contribution is 5.81. The minimum absolute atomic E-state index is 0.0133. The number of methoxy groups -OCH3 is 1. The number of carbonyl (C=O) groups is 1. The predicted molar refractivity (Wildman–Crippen MR) is 141 cm³/mol. The normalized spacial score (nSPS) is 14.7. The summed E-state index contributed by atoms with van der Waals surface area (Å²) < 4.78 is 12.5. The Kier molecular flexibility index (Phi) is 7.05. The number of aromatic nitrogens is 4. The van der Waals surface area contributed by atoms with E-state index in [4.69, 9.17) is 14.5 Å². The molecule has 2 aromatic heterocycles. The summed E-state index contributed by atoms with van der Waals surface area (Å²) in [5.41, 5.74) is 3.97. The summed E-state index contributed by atoms with van der Waals surface area (Å²) in [5.74, 6) is 0.971. The smallest absolute Gasteiger partial charge is 0.309 e. The van der Waals surface area contributed by atoms with Crippen molar-refractivity contribution >= 4 is 17.0 Å². The number of aromatic amines is 1. The second-order valence-electron chi connectivity index (χ2n) is 9.28. The molecule has 2 aromatic carbocycles. The van der Waals surface area contributed by atoms with Gasteiger partial charge in [-0.25, -0.2) is 9.67 Å². The zero-order valence-electron chi connectivity index (χ0n) is 21.4. The van der Waals surface area contributed by atoms with Crippen molar-refractivity contribution < 1.29 is 14.3 Å². The molecule has 1 fully saturated rings. The third kappa shape index (κ3) is 4.99. The molecule has 0 radical (unpaired) electrons. The zero-order valence-corrected chi connectivity index (χ0v) is 21.4. The van der Waals surface area contributed by atoms with Crippen molar-refractivity contribution in [3.63, 3.8) is 0 Å². The third-order valence-corrected chi connectivity index (χ3v) is 6.83. The molecule has 0 aliphatic carbocycles. The van der Waals surface area contributed by atoms with Gasteiger partial charge in [0.05, 0.1) is 36.6 Å². The third-order valence-electron chi connectivity index (χ3n) is 6.83. The molecule has 1 aliphatic heterocycles. The Morgan fingerprint density at radius 1 is 1.14 bits per heavy atom. The molecule has 0 bridgehead atoms. The number of ether oxygens (including phenoxy) is 2. The Morgan fingerprint density at radius 3 is 2.59 bits per heavy atom. The van der Waals surface area contributed by atoms with Crippen LogP contribution in [0.15, 0.2) is 53.3 Å². The van der Waals surface area contributed by atoms with Gasteiger partial charge in [-0.05, 0) is 69.6 Å². The van der Waals surface area contributed by atoms with Crippen LogP contribution in [0.3, 0.4) is 0 Å². The van der Waals surface area contributed by atoms with E-state index in [1.165, 1.54) is 0 Å². The van der Waals surface area contributed by atoms with Crippen molar-refractivity contribution in [1.82, 2.24) is 24.6 Å². The van der Waals surface area contributed by atoms with Crippen LogP contribution in [0, 0.1) is 12.8 Å². The molecule has 0 spiro atoms. The number of benzene rings is 2. The van der Waals surface area contributed by atoms with Gasteiger partial charge in [0.25, 0.3) is 5.56 Å². The van der Waals surface area contributed by atoms with Gasteiger partial charge in [-0.2, -0.15) is 5.10 Å². The van der Waals surface area contributed by atoms with Crippen LogP contribution in [0.2, 0.25) is 0 Å². The summed E-state index contributed by atoms with van der Waals surface area (Å²) in [6.07, 6.45) is 1.60. The number of aryl methyl sites for hydroxylation is 1. The summed E-state index contributed by atoms with van der Waals surface area (Å²) >= 11 is 0. The summed E-state index contributed by atoms with van der Waals surface area (Å²) in [5, 5.41) is 4.57. The van der Waals surface area contributed by atoms with Crippen molar-refractivity contribution in [2.24, 2.45) is 5.92 Å². The Labute approximate surface area is 215 Å². The molecule has 37 heavy (non-hydrogen) atoms. The first-order chi connectivity index (χ1) is 18.0. The molecule has 5 rings (SSSR count). The molecule has 4 aromatic rings. The van der Waals surface area contributed by atoms with E-state index in [-0.39, 0.29) is 17.4 Å². The van der Waals surface area contributed by atoms with E-state index in [9.17, 15) is 9.59 Å². The predicted octanol–water partition coefficient (Wildman–Crippen LogP) is 3.87. The molecule has 1 N–H and O–H groups in total. The van der Waals surface area contributed by atoms with Crippen molar-refractivity contribution in [1.29, 1.82) is 0 Å². The van der Waals surface area contributed by atoms with Gasteiger partial charge in [-0.15, -0.1) is 0 Å². The van der Waals surface area contributed by atoms with Crippen LogP contribution in [0.25, 0.3) is 28.1 Å². The first-order valence-corrected chi connectivity index (χ1v) is 12.6. The van der Waals surface area contributed by atoms with Gasteiger partial charge in [0.2, 0.25) is 0 Å². The van der Waals surface area contributed by atoms with Crippen LogP contribution < -0.4 is 10.3 Å². The second-order valence-corrected chi connectivity index (χ2v) is 9.28. The summed E-state index contributed by atoms with van der Waals surface area (Å²) in [6.45, 7) is 6.54. The largest absolute Gasteiger partial charge is 0.496 e. The quantitative estimate of drug-likeness (QED) is 0.384. The molecule has 3 heterocycles. The number of likely N-dealkylation sites (tertiary alicyclic amines) is 1. The number of hydrogen-bond acceptors (Lipinski definition) is 7. The monoisotopic (exact) mass is 501 g/mol. The Hall–Kier alpha value is -3.98. The first-order valence-electron chi connectivity index (χ1n) is 12.6. The lowest BCUT2D eigenvalue weighted by Gasteiger charge is -2.30. The number of rotatable bonds is 7. The highest BCUT2D eigenvalue weighted by Gasteiger charge is 2.26. The summed E-state index contributed by atoms with van der Waals surface area (Å²) in [7, 11) is 1.61. The van der Waals surface area contributed by atoms with Crippen LogP contribution >= 0.6 is 0 Å². The number of nitrogens with zero attached hydrogens (tertiary/aromatic N) is 4. The number of H-pyrrole nitrogens is 1. The molecule has 0 amide bonds. The molecule has 0 atom stereocenters. The topological polar surface area (TPSA) is 102 Å². The highest BCUT2D eigenvalue weighted by Crippen LogP contribution is 2.30. The van der Waals surface area contributed by atoms with Crippen LogP contribution in [0.5, 0.6) is 5.75 Å². The standard InChI is InChI=1S/C28H31N5O4/c1-4-37-28(35)20-12-14-32(15-13-20)17-19-10-11-22(23(16-19)36-3)26-29-24-18(2)31-33(25(24)27(34)30-26)21-8-6-5-7-9-21/h5-11,16,20H,4,12-15,17H2,1-3H3,(H,29,30,34). The molecule has 0 saturated carbocycles. The lowest BCUT2D eigenvalue weighted by atomic mass is 9.96. The average molecular weight is 502 g/mol. The molecule has 1 saturated heterocycles. The van der Waals surface area contributed by atoms with E-state index in [0.29, 0.717) is 40.5 Å². The second kappa shape index (κ2) is 10.6. The van der Waals surface area contributed by atoms with Gasteiger partial charge >= 0.3 is 5.97 Å². The molecule has 1 aliphatic rings. The number of esters is 1. The number of piperidine rings is 1. The number of carbonyl (C=O) groups excluding carboxylic acids is 1. The maximum atomic E-state index is 13.2. The summed E-state index contributed by atoms with van der Waals surface area (Å²) in [4.78, 5) is 35.2. The van der Waals surface area contributed by atoms with Crippen molar-refractivity contribution in [2.75, 3.05) is 26.8 Å². The summed E-state index contributed by atoms with van der Waals surface area (Å²) in [6, 6.07) is 15.5. The minimum Gasteiger partial charge on any atom is -0.496 e. The van der Waals surface area contributed by atoms with Crippen LogP contribution in [-0.4, -0.2) is 57.4 Å². The maximum absolute atomic E-state index is 13.2. The SMILES string of the molecule is CCOC(=O)C1CCN(Cc2ccc(-c3nc4c(C)nn(-c5ccccc5)c4c(=O)[nH]3)c(OC)c2)CC1. The van der Waals surface area contributed by atoms with Crippen molar-refractivity contribution in [2.45, 2.75) is 33.2 Å². The van der Waals surface area contributed by atoms with Gasteiger partial charge in [0, 0.05) is 6.54 Å². The van der Waals surface area contributed by atoms with Gasteiger partial charge in [-0.3, -0.25) is 14.5 Å². The van der Waals surface area contributed by atoms with Gasteiger partial charge in [0.1, 0.15) is 17.1 Å². The Balaban J connectivity index is 1.39. The lowest BCUT2D eigenvalue weighted by molar-refractivity contribution is -0.149. The van der Waals surface area contributed by atoms with Gasteiger partial charge in [0.15, 0.2) is 5.52 Å². The van der Waals surface area contributed by atoms with Gasteiger partial charge in [-0.1, -0.05) is 24.3 Å². The number of fused-ring (bicyclic) bond motifs is 1. The fourth-order valence-electron chi connectivity index (χ4n) is 4.92. The van der Waals surface area contributed by atoms with E-state index in [2.05, 4.69) is 15.0 Å². The van der Waals surface area contributed by atoms with Crippen LogP contribution in [0.1, 0.15) is 31.0 Å². The zero-order chi connectivity index (χ0) is 25.9. The molecule has 9 nitrogen and oxygen atoms in total. The van der Waals surface area contributed by atoms with Gasteiger partial charge < -0.3 is 14.5 Å². The molecule has 192 valence electrons. The number of nitrogens with one attached hydrogen (secondary N) is 1. The fraction of sp³-hybridized carbons (Fsp3) is 0.357. The average Bonchev–Trinajstić information content (AvgIpc) is 3.26. The Morgan fingerprint density at radius 2 is 1.89 bits per heavy atom. The maximum Gasteiger partial charge on any atom is 0.309 e. The molecule has 0 unspecified atom stereocenters. The highest BCUT2D eigenvalue weighted by atomic mass is 16.5. The van der Waals surface area contributed by atoms with E-state index in [1.54, 1.807) is 11.8 Å². The van der Waals surface area contributed by atoms with Crippen LogP contribution in [0.4, 0.5) is 0 Å². The van der Waals surface area contributed by atoms with E-state index < -0.39 is 0 Å². The van der Waals surface area contributed by atoms with Crippen LogP contribution in [-0.2, 0) is 16.1 Å². The van der Waals surface area contributed by atoms with E-state index >= 15 is 0 Å². The lowest BCUT2D eigenvalue weighted by Crippen LogP contribution is -2.36. The Bertz CT molecular complexity index is 1470. The van der Waals surface area contributed by atoms with Crippen molar-refractivity contribution in [3.8, 4) is 22.8 Å². The molecular formula is C28H31N5O4. The first kappa shape index (κ1) is 24.7. The molecular weight excluding hydrogens is 470 g/mol. The molecule has 9 heteroatoms. The number of hydrogen-bond donors (Lipinski definition) is 1. The van der Waals surface area contributed by atoms with E-state index in [1.807, 2.05) is 62.4 Å². The van der Waals surface area contributed by atoms with Crippen molar-refractivity contribution in [3.05, 3.63) is 70.1 Å². The number of para-hydroxylation sites is 1. The van der Waals surface area contributed by atoms with E-state index in [0.717, 1.165) is 43.7 Å². The fourth-order valence-corrected chi connectivity index (χ4v) is 4.92. The minimum atomic E-state index is -0.264.